The minimum atomic E-state index is 0.660. The van der Waals surface area contributed by atoms with E-state index in [9.17, 15) is 0 Å². The molecule has 90 valence electrons. The van der Waals surface area contributed by atoms with E-state index in [1.165, 1.54) is 51.5 Å². The van der Waals surface area contributed by atoms with Crippen molar-refractivity contribution >= 4 is 11.3 Å². The van der Waals surface area contributed by atoms with E-state index in [2.05, 4.69) is 29.9 Å². The smallest absolute Gasteiger partial charge is 0.00454 e. The molecule has 0 radical (unpaired) electrons. The van der Waals surface area contributed by atoms with Crippen molar-refractivity contribution in [2.24, 2.45) is 5.41 Å². The third-order valence-corrected chi connectivity index (χ3v) is 4.99. The lowest BCUT2D eigenvalue weighted by molar-refractivity contribution is 0.248. The summed E-state index contributed by atoms with van der Waals surface area (Å²) in [6.07, 6.45) is 9.88. The summed E-state index contributed by atoms with van der Waals surface area (Å²) in [5, 5.41) is 5.51. The molecule has 1 saturated carbocycles. The van der Waals surface area contributed by atoms with Crippen molar-refractivity contribution in [1.29, 1.82) is 0 Å². The Morgan fingerprint density at radius 1 is 1.31 bits per heavy atom. The molecule has 0 aromatic carbocycles. The highest BCUT2D eigenvalue weighted by molar-refractivity contribution is 7.09. The lowest BCUT2D eigenvalue weighted by Crippen LogP contribution is -2.23. The first-order valence-corrected chi connectivity index (χ1v) is 7.40. The van der Waals surface area contributed by atoms with Gasteiger partial charge >= 0.3 is 0 Å². The van der Waals surface area contributed by atoms with E-state index in [1.807, 2.05) is 11.3 Å². The highest BCUT2D eigenvalue weighted by Crippen LogP contribution is 2.44. The van der Waals surface area contributed by atoms with Crippen LogP contribution < -0.4 is 5.32 Å². The van der Waals surface area contributed by atoms with Crippen molar-refractivity contribution in [2.75, 3.05) is 13.6 Å². The first kappa shape index (κ1) is 12.1. The Balaban J connectivity index is 1.87. The van der Waals surface area contributed by atoms with Gasteiger partial charge in [0.15, 0.2) is 0 Å². The summed E-state index contributed by atoms with van der Waals surface area (Å²) >= 11 is 1.91. The maximum Gasteiger partial charge on any atom is 0.00454 e. The van der Waals surface area contributed by atoms with Crippen LogP contribution in [-0.4, -0.2) is 13.6 Å². The van der Waals surface area contributed by atoms with Crippen LogP contribution in [0.3, 0.4) is 0 Å². The van der Waals surface area contributed by atoms with Crippen molar-refractivity contribution in [1.82, 2.24) is 5.32 Å². The van der Waals surface area contributed by atoms with Crippen molar-refractivity contribution in [3.8, 4) is 0 Å². The zero-order valence-electron chi connectivity index (χ0n) is 10.3. The van der Waals surface area contributed by atoms with Crippen LogP contribution in [0.5, 0.6) is 0 Å². The van der Waals surface area contributed by atoms with Gasteiger partial charge in [-0.25, -0.2) is 0 Å². The minimum absolute atomic E-state index is 0.660. The SMILES string of the molecule is CNCCC1(CCc2cccs2)CCCC1. The summed E-state index contributed by atoms with van der Waals surface area (Å²) in [5.41, 5.74) is 0.660. The molecule has 0 aliphatic heterocycles. The molecule has 1 aliphatic carbocycles. The first-order valence-electron chi connectivity index (χ1n) is 6.52. The van der Waals surface area contributed by atoms with Gasteiger partial charge in [0.2, 0.25) is 0 Å². The van der Waals surface area contributed by atoms with Gasteiger partial charge in [0.05, 0.1) is 0 Å². The number of rotatable bonds is 6. The van der Waals surface area contributed by atoms with Crippen molar-refractivity contribution < 1.29 is 0 Å². The van der Waals surface area contributed by atoms with Crippen molar-refractivity contribution in [2.45, 2.75) is 44.9 Å². The van der Waals surface area contributed by atoms with E-state index < -0.39 is 0 Å². The first-order chi connectivity index (χ1) is 7.85. The molecule has 1 aromatic heterocycles. The highest BCUT2D eigenvalue weighted by atomic mass is 32.1. The second kappa shape index (κ2) is 5.83. The Hall–Kier alpha value is -0.340. The van der Waals surface area contributed by atoms with Gasteiger partial charge < -0.3 is 5.32 Å². The van der Waals surface area contributed by atoms with E-state index in [0.717, 1.165) is 0 Å². The van der Waals surface area contributed by atoms with Gasteiger partial charge in [0.25, 0.3) is 0 Å². The van der Waals surface area contributed by atoms with E-state index in [-0.39, 0.29) is 0 Å². The fraction of sp³-hybridized carbons (Fsp3) is 0.714. The zero-order valence-corrected chi connectivity index (χ0v) is 11.1. The normalized spacial score (nSPS) is 19.1. The van der Waals surface area contributed by atoms with Gasteiger partial charge in [0, 0.05) is 4.88 Å². The summed E-state index contributed by atoms with van der Waals surface area (Å²) in [5.74, 6) is 0. The van der Waals surface area contributed by atoms with E-state index in [1.54, 1.807) is 4.88 Å². The summed E-state index contributed by atoms with van der Waals surface area (Å²) in [6, 6.07) is 4.46. The molecular formula is C14H23NS. The molecule has 1 aromatic rings. The third-order valence-electron chi connectivity index (χ3n) is 4.05. The number of hydrogen-bond acceptors (Lipinski definition) is 2. The molecule has 1 fully saturated rings. The summed E-state index contributed by atoms with van der Waals surface area (Å²) < 4.78 is 0. The Kier molecular flexibility index (Phi) is 4.42. The molecule has 16 heavy (non-hydrogen) atoms. The average Bonchev–Trinajstić information content (AvgIpc) is 2.96. The molecule has 2 heteroatoms. The molecule has 0 bridgehead atoms. The lowest BCUT2D eigenvalue weighted by atomic mass is 9.78. The summed E-state index contributed by atoms with van der Waals surface area (Å²) in [6.45, 7) is 1.18. The van der Waals surface area contributed by atoms with Gasteiger partial charge in [-0.3, -0.25) is 0 Å². The number of nitrogens with one attached hydrogen (secondary N) is 1. The summed E-state index contributed by atoms with van der Waals surface area (Å²) in [4.78, 5) is 1.57. The van der Waals surface area contributed by atoms with Gasteiger partial charge in [-0.05, 0) is 62.6 Å². The van der Waals surface area contributed by atoms with Crippen LogP contribution in [0.25, 0.3) is 0 Å². The van der Waals surface area contributed by atoms with Crippen LogP contribution in [0.15, 0.2) is 17.5 Å². The predicted octanol–water partition coefficient (Wildman–Crippen LogP) is 3.85. The predicted molar refractivity (Wildman–Crippen MR) is 72.1 cm³/mol. The number of thiophene rings is 1. The molecule has 0 saturated heterocycles. The maximum absolute atomic E-state index is 3.32. The monoisotopic (exact) mass is 237 g/mol. The number of aryl methyl sites for hydroxylation is 1. The van der Waals surface area contributed by atoms with E-state index in [0.29, 0.717) is 5.41 Å². The Morgan fingerprint density at radius 2 is 2.12 bits per heavy atom. The fourth-order valence-corrected chi connectivity index (χ4v) is 3.69. The van der Waals surface area contributed by atoms with Crippen LogP contribution in [-0.2, 0) is 6.42 Å². The van der Waals surface area contributed by atoms with Crippen LogP contribution in [0.4, 0.5) is 0 Å². The molecule has 1 aliphatic rings. The fourth-order valence-electron chi connectivity index (χ4n) is 2.98. The molecule has 1 N–H and O–H groups in total. The van der Waals surface area contributed by atoms with E-state index >= 15 is 0 Å². The van der Waals surface area contributed by atoms with Gasteiger partial charge in [-0.2, -0.15) is 0 Å². The minimum Gasteiger partial charge on any atom is -0.320 e. The maximum atomic E-state index is 3.32. The molecule has 0 atom stereocenters. The molecule has 1 heterocycles. The van der Waals surface area contributed by atoms with Crippen LogP contribution in [0.1, 0.15) is 43.4 Å². The molecule has 1 nitrogen and oxygen atoms in total. The van der Waals surface area contributed by atoms with Crippen LogP contribution in [0.2, 0.25) is 0 Å². The molecule has 2 rings (SSSR count). The zero-order chi connectivity index (χ0) is 11.3. The quantitative estimate of drug-likeness (QED) is 0.792. The molecule has 0 amide bonds. The topological polar surface area (TPSA) is 12.0 Å². The Morgan fingerprint density at radius 3 is 2.75 bits per heavy atom. The van der Waals surface area contributed by atoms with Crippen molar-refractivity contribution in [3.63, 3.8) is 0 Å². The Bertz CT molecular complexity index is 286. The summed E-state index contributed by atoms with van der Waals surface area (Å²) in [7, 11) is 2.07. The van der Waals surface area contributed by atoms with Crippen LogP contribution in [0, 0.1) is 5.41 Å². The Labute approximate surface area is 103 Å². The van der Waals surface area contributed by atoms with Crippen molar-refractivity contribution in [3.05, 3.63) is 22.4 Å². The second-order valence-corrected chi connectivity index (χ2v) is 6.17. The largest absolute Gasteiger partial charge is 0.320 e. The second-order valence-electron chi connectivity index (χ2n) is 5.14. The molecular weight excluding hydrogens is 214 g/mol. The van der Waals surface area contributed by atoms with E-state index in [4.69, 9.17) is 0 Å². The highest BCUT2D eigenvalue weighted by Gasteiger charge is 2.32. The third kappa shape index (κ3) is 3.08. The molecule has 0 spiro atoms. The van der Waals surface area contributed by atoms with Gasteiger partial charge in [0.1, 0.15) is 0 Å². The van der Waals surface area contributed by atoms with Gasteiger partial charge in [-0.15, -0.1) is 11.3 Å². The average molecular weight is 237 g/mol. The lowest BCUT2D eigenvalue weighted by Gasteiger charge is -2.29. The number of hydrogen-bond donors (Lipinski definition) is 1. The molecule has 0 unspecified atom stereocenters. The van der Waals surface area contributed by atoms with Gasteiger partial charge in [-0.1, -0.05) is 18.9 Å². The standard InChI is InChI=1S/C14H23NS/c1-15-11-10-14(7-2-3-8-14)9-6-13-5-4-12-16-13/h4-5,12,15H,2-3,6-11H2,1H3. The van der Waals surface area contributed by atoms with Crippen LogP contribution >= 0.6 is 11.3 Å².